The number of amides is 1. The zero-order valence-corrected chi connectivity index (χ0v) is 19.7. The van der Waals surface area contributed by atoms with Gasteiger partial charge in [0, 0.05) is 34.5 Å². The molecule has 1 aromatic carbocycles. The van der Waals surface area contributed by atoms with Crippen LogP contribution in [0.3, 0.4) is 0 Å². The predicted octanol–water partition coefficient (Wildman–Crippen LogP) is 3.82. The Balaban J connectivity index is 1.82. The van der Waals surface area contributed by atoms with Crippen LogP contribution in [0.15, 0.2) is 36.7 Å². The van der Waals surface area contributed by atoms with E-state index in [1.807, 2.05) is 6.20 Å². The maximum Gasteiger partial charge on any atom is 0.254 e. The molecule has 0 saturated carbocycles. The fourth-order valence-electron chi connectivity index (χ4n) is 3.11. The molecule has 1 atom stereocenters. The zero-order valence-electron chi connectivity index (χ0n) is 17.5. The Hall–Kier alpha value is -2.76. The molecular formula is C21H24FIN6O2. The Labute approximate surface area is 193 Å². The number of carbonyl (C=O) groups excluding carboxylic acids is 1. The van der Waals surface area contributed by atoms with E-state index in [9.17, 15) is 9.18 Å². The van der Waals surface area contributed by atoms with Gasteiger partial charge in [0.1, 0.15) is 17.6 Å². The minimum Gasteiger partial charge on any atom is -0.482 e. The Morgan fingerprint density at radius 1 is 1.39 bits per heavy atom. The van der Waals surface area contributed by atoms with Crippen LogP contribution in [0, 0.1) is 9.39 Å². The highest BCUT2D eigenvalue weighted by atomic mass is 127. The van der Waals surface area contributed by atoms with E-state index in [0.29, 0.717) is 22.6 Å². The van der Waals surface area contributed by atoms with Crippen LogP contribution in [0.4, 0.5) is 10.2 Å². The lowest BCUT2D eigenvalue weighted by Crippen LogP contribution is -2.28. The van der Waals surface area contributed by atoms with Crippen molar-refractivity contribution in [2.24, 2.45) is 0 Å². The second-order valence-electron chi connectivity index (χ2n) is 7.16. The van der Waals surface area contributed by atoms with Crippen molar-refractivity contribution in [3.63, 3.8) is 0 Å². The minimum absolute atomic E-state index is 0.226. The molecule has 3 aromatic rings. The molecule has 3 rings (SSSR count). The summed E-state index contributed by atoms with van der Waals surface area (Å²) in [5, 5.41) is 8.16. The van der Waals surface area contributed by atoms with Gasteiger partial charge in [-0.3, -0.25) is 9.48 Å². The first-order valence-electron chi connectivity index (χ1n) is 9.80. The van der Waals surface area contributed by atoms with Gasteiger partial charge >= 0.3 is 0 Å². The topological polar surface area (TPSA) is 99.2 Å². The van der Waals surface area contributed by atoms with Crippen LogP contribution in [0.2, 0.25) is 0 Å². The lowest BCUT2D eigenvalue weighted by atomic mass is 10.0. The van der Waals surface area contributed by atoms with Crippen molar-refractivity contribution in [1.82, 2.24) is 24.9 Å². The summed E-state index contributed by atoms with van der Waals surface area (Å²) in [5.74, 6) is -0.128. The number of nitrogen functional groups attached to an aromatic ring is 1. The lowest BCUT2D eigenvalue weighted by molar-refractivity contribution is 0.0778. The number of benzene rings is 1. The smallest absolute Gasteiger partial charge is 0.254 e. The molecule has 164 valence electrons. The summed E-state index contributed by atoms with van der Waals surface area (Å²) in [6.45, 7) is 4.83. The predicted molar refractivity (Wildman–Crippen MR) is 123 cm³/mol. The first-order chi connectivity index (χ1) is 14.8. The molecule has 8 nitrogen and oxygen atoms in total. The Morgan fingerprint density at radius 3 is 2.90 bits per heavy atom. The number of ether oxygens (including phenoxy) is 1. The number of anilines is 1. The van der Waals surface area contributed by atoms with Gasteiger partial charge in [-0.25, -0.2) is 9.37 Å². The van der Waals surface area contributed by atoms with Crippen molar-refractivity contribution in [3.05, 3.63) is 62.9 Å². The number of hydrogen-bond acceptors (Lipinski definition) is 6. The third kappa shape index (κ3) is 5.69. The molecule has 31 heavy (non-hydrogen) atoms. The molecule has 0 aliphatic heterocycles. The molecule has 2 aromatic heterocycles. The fourth-order valence-corrected chi connectivity index (χ4v) is 3.54. The molecule has 10 heteroatoms. The second-order valence-corrected chi connectivity index (χ2v) is 8.41. The highest BCUT2D eigenvalue weighted by Gasteiger charge is 2.22. The maximum atomic E-state index is 14.0. The molecule has 0 aliphatic carbocycles. The molecule has 0 saturated heterocycles. The van der Waals surface area contributed by atoms with Crippen LogP contribution < -0.4 is 10.5 Å². The molecule has 0 fully saturated rings. The van der Waals surface area contributed by atoms with Gasteiger partial charge in [0.2, 0.25) is 0 Å². The number of pyridine rings is 1. The minimum atomic E-state index is -0.629. The summed E-state index contributed by atoms with van der Waals surface area (Å²) in [6.07, 6.45) is 3.75. The number of hydrogen-bond donors (Lipinski definition) is 1. The summed E-state index contributed by atoms with van der Waals surface area (Å²) >= 11 is 2.10. The van der Waals surface area contributed by atoms with Crippen LogP contribution in [-0.2, 0) is 13.1 Å². The molecule has 0 unspecified atom stereocenters. The number of carbonyl (C=O) groups is 1. The van der Waals surface area contributed by atoms with Gasteiger partial charge in [-0.1, -0.05) is 12.1 Å². The van der Waals surface area contributed by atoms with Crippen LogP contribution in [0.25, 0.3) is 0 Å². The lowest BCUT2D eigenvalue weighted by Gasteiger charge is -2.22. The highest BCUT2D eigenvalue weighted by Crippen LogP contribution is 2.29. The van der Waals surface area contributed by atoms with Crippen molar-refractivity contribution < 1.29 is 13.9 Å². The zero-order chi connectivity index (χ0) is 22.5. The SMILES string of the molecule is CCCn1cc(CN(C)C(=O)c2ccc(F)cc2[C@@H](C)Oc2cc(I)cnc2N)nn1. The van der Waals surface area contributed by atoms with Gasteiger partial charge < -0.3 is 15.4 Å². The molecular weight excluding hydrogens is 514 g/mol. The average molecular weight is 538 g/mol. The molecule has 0 radical (unpaired) electrons. The normalized spacial score (nSPS) is 11.9. The molecule has 0 bridgehead atoms. The van der Waals surface area contributed by atoms with E-state index in [-0.39, 0.29) is 18.3 Å². The Morgan fingerprint density at radius 2 is 2.16 bits per heavy atom. The number of aromatic nitrogens is 4. The third-order valence-corrected chi connectivity index (χ3v) is 5.21. The Bertz CT molecular complexity index is 1070. The Kier molecular flexibility index (Phi) is 7.42. The van der Waals surface area contributed by atoms with Crippen LogP contribution in [0.5, 0.6) is 5.75 Å². The maximum absolute atomic E-state index is 14.0. The van der Waals surface area contributed by atoms with Crippen molar-refractivity contribution >= 4 is 34.3 Å². The summed E-state index contributed by atoms with van der Waals surface area (Å²) in [4.78, 5) is 18.7. The molecule has 2 heterocycles. The van der Waals surface area contributed by atoms with Gasteiger partial charge in [0.05, 0.1) is 12.7 Å². The van der Waals surface area contributed by atoms with Gasteiger partial charge in [-0.15, -0.1) is 5.10 Å². The van der Waals surface area contributed by atoms with Crippen molar-refractivity contribution in [1.29, 1.82) is 0 Å². The standard InChI is InChI=1S/C21H24FIN6O2/c1-4-7-29-12-16(26-27-29)11-28(3)21(30)17-6-5-14(22)8-18(17)13(2)31-19-9-15(23)10-25-20(19)24/h5-6,8-10,12-13H,4,7,11H2,1-3H3,(H2,24,25)/t13-/m1/s1. The number of aryl methyl sites for hydroxylation is 1. The quantitative estimate of drug-likeness (QED) is 0.438. The molecule has 0 aliphatic rings. The van der Waals surface area contributed by atoms with E-state index >= 15 is 0 Å². The van der Waals surface area contributed by atoms with E-state index < -0.39 is 11.9 Å². The van der Waals surface area contributed by atoms with Gasteiger partial charge in [0.25, 0.3) is 5.91 Å². The number of rotatable bonds is 8. The third-order valence-electron chi connectivity index (χ3n) is 4.62. The number of nitrogens with two attached hydrogens (primary N) is 1. The summed E-state index contributed by atoms with van der Waals surface area (Å²) in [6, 6.07) is 5.77. The van der Waals surface area contributed by atoms with Crippen molar-refractivity contribution in [3.8, 4) is 5.75 Å². The molecule has 0 spiro atoms. The molecule has 1 amide bonds. The second kappa shape index (κ2) is 10.0. The van der Waals surface area contributed by atoms with Gasteiger partial charge in [-0.2, -0.15) is 0 Å². The monoisotopic (exact) mass is 538 g/mol. The first-order valence-corrected chi connectivity index (χ1v) is 10.9. The van der Waals surface area contributed by atoms with Gasteiger partial charge in [0.15, 0.2) is 11.6 Å². The van der Waals surface area contributed by atoms with Crippen LogP contribution in [0.1, 0.15) is 48.0 Å². The van der Waals surface area contributed by atoms with Gasteiger partial charge in [-0.05, 0) is 60.2 Å². The highest BCUT2D eigenvalue weighted by molar-refractivity contribution is 14.1. The summed E-state index contributed by atoms with van der Waals surface area (Å²) < 4.78 is 22.6. The van der Waals surface area contributed by atoms with E-state index in [0.717, 1.165) is 16.5 Å². The molecule has 2 N–H and O–H groups in total. The van der Waals surface area contributed by atoms with Crippen LogP contribution >= 0.6 is 22.6 Å². The van der Waals surface area contributed by atoms with E-state index in [1.165, 1.54) is 23.1 Å². The number of halogens is 2. The summed E-state index contributed by atoms with van der Waals surface area (Å²) in [7, 11) is 1.67. The van der Waals surface area contributed by atoms with E-state index in [2.05, 4.69) is 44.8 Å². The van der Waals surface area contributed by atoms with Crippen molar-refractivity contribution in [2.45, 2.75) is 39.5 Å². The van der Waals surface area contributed by atoms with Crippen LogP contribution in [-0.4, -0.2) is 37.8 Å². The van der Waals surface area contributed by atoms with E-state index in [4.69, 9.17) is 10.5 Å². The fraction of sp³-hybridized carbons (Fsp3) is 0.333. The average Bonchev–Trinajstić information content (AvgIpc) is 3.17. The van der Waals surface area contributed by atoms with Crippen molar-refractivity contribution in [2.75, 3.05) is 12.8 Å². The number of nitrogens with zero attached hydrogens (tertiary/aromatic N) is 5. The van der Waals surface area contributed by atoms with E-state index in [1.54, 1.807) is 30.9 Å². The first kappa shape index (κ1) is 22.9. The summed E-state index contributed by atoms with van der Waals surface area (Å²) in [5.41, 5.74) is 7.34. The largest absolute Gasteiger partial charge is 0.482 e.